The van der Waals surface area contributed by atoms with Gasteiger partial charge in [0.2, 0.25) is 10.0 Å². The summed E-state index contributed by atoms with van der Waals surface area (Å²) in [5.41, 5.74) is 1.22. The molecule has 0 aromatic carbocycles. The largest absolute Gasteiger partial charge is 0.281 e. The van der Waals surface area contributed by atoms with E-state index in [1.807, 2.05) is 0 Å². The van der Waals surface area contributed by atoms with Gasteiger partial charge >= 0.3 is 0 Å². The molecule has 19 heavy (non-hydrogen) atoms. The van der Waals surface area contributed by atoms with Crippen LogP contribution in [-0.4, -0.2) is 25.2 Å². The van der Waals surface area contributed by atoms with Gasteiger partial charge in [-0.2, -0.15) is 5.10 Å². The summed E-state index contributed by atoms with van der Waals surface area (Å²) < 4.78 is 27.5. The van der Waals surface area contributed by atoms with E-state index in [0.717, 1.165) is 12.8 Å². The number of hydrogen-bond donors (Lipinski definition) is 2. The molecule has 6 heteroatoms. The minimum atomic E-state index is -3.46. The van der Waals surface area contributed by atoms with E-state index in [1.54, 1.807) is 13.8 Å². The van der Waals surface area contributed by atoms with E-state index in [9.17, 15) is 8.42 Å². The zero-order chi connectivity index (χ0) is 14.1. The fraction of sp³-hybridized carbons (Fsp3) is 0.769. The lowest BCUT2D eigenvalue weighted by Crippen LogP contribution is -2.37. The van der Waals surface area contributed by atoms with Gasteiger partial charge in [0.1, 0.15) is 4.90 Å². The van der Waals surface area contributed by atoms with Crippen molar-refractivity contribution in [2.24, 2.45) is 5.41 Å². The molecule has 1 aromatic rings. The van der Waals surface area contributed by atoms with Crippen LogP contribution in [0.3, 0.4) is 0 Å². The molecule has 0 bridgehead atoms. The highest BCUT2D eigenvalue weighted by Crippen LogP contribution is 2.35. The van der Waals surface area contributed by atoms with Crippen molar-refractivity contribution < 1.29 is 8.42 Å². The predicted octanol–water partition coefficient (Wildman–Crippen LogP) is 2.28. The van der Waals surface area contributed by atoms with Crippen molar-refractivity contribution in [1.29, 1.82) is 0 Å². The highest BCUT2D eigenvalue weighted by atomic mass is 32.2. The summed E-state index contributed by atoms with van der Waals surface area (Å²) in [6, 6.07) is 0. The summed E-state index contributed by atoms with van der Waals surface area (Å²) in [5, 5.41) is 6.67. The Bertz CT molecular complexity index is 523. The van der Waals surface area contributed by atoms with E-state index >= 15 is 0 Å². The molecule has 1 fully saturated rings. The summed E-state index contributed by atoms with van der Waals surface area (Å²) in [6.45, 7) is 6.13. The molecule has 0 radical (unpaired) electrons. The lowest BCUT2D eigenvalue weighted by Gasteiger charge is -2.33. The van der Waals surface area contributed by atoms with E-state index in [-0.39, 0.29) is 5.41 Å². The number of nitrogens with one attached hydrogen (secondary N) is 2. The van der Waals surface area contributed by atoms with E-state index in [2.05, 4.69) is 21.8 Å². The third-order valence-corrected chi connectivity index (χ3v) is 5.74. The Morgan fingerprint density at radius 2 is 1.89 bits per heavy atom. The molecule has 0 unspecified atom stereocenters. The van der Waals surface area contributed by atoms with Gasteiger partial charge in [-0.15, -0.1) is 0 Å². The second-order valence-corrected chi connectivity index (χ2v) is 7.66. The standard InChI is InChI=1S/C13H23N3O2S/c1-10-12(11(2)16-15-10)19(17,18)14-9-13(3)7-5-4-6-8-13/h14H,4-9H2,1-3H3,(H,15,16). The maximum Gasteiger partial charge on any atom is 0.244 e. The molecule has 2 rings (SSSR count). The molecule has 108 valence electrons. The molecule has 1 aromatic heterocycles. The van der Waals surface area contributed by atoms with Crippen LogP contribution in [0.25, 0.3) is 0 Å². The molecule has 0 saturated heterocycles. The SMILES string of the molecule is Cc1n[nH]c(C)c1S(=O)(=O)NCC1(C)CCCCC1. The molecule has 1 aliphatic carbocycles. The summed E-state index contributed by atoms with van der Waals surface area (Å²) >= 11 is 0. The zero-order valence-corrected chi connectivity index (χ0v) is 12.7. The fourth-order valence-corrected chi connectivity index (χ4v) is 4.43. The van der Waals surface area contributed by atoms with Crippen molar-refractivity contribution in [3.05, 3.63) is 11.4 Å². The van der Waals surface area contributed by atoms with Crippen molar-refractivity contribution in [3.8, 4) is 0 Å². The molecule has 0 amide bonds. The van der Waals surface area contributed by atoms with E-state index in [4.69, 9.17) is 0 Å². The Hall–Kier alpha value is -0.880. The van der Waals surface area contributed by atoms with Gasteiger partial charge in [0, 0.05) is 6.54 Å². The first kappa shape index (κ1) is 14.5. The molecule has 1 aliphatic rings. The molecule has 1 saturated carbocycles. The van der Waals surface area contributed by atoms with Gasteiger partial charge in [-0.1, -0.05) is 26.2 Å². The topological polar surface area (TPSA) is 74.8 Å². The van der Waals surface area contributed by atoms with Gasteiger partial charge in [0.15, 0.2) is 0 Å². The van der Waals surface area contributed by atoms with Crippen LogP contribution < -0.4 is 4.72 Å². The average molecular weight is 285 g/mol. The van der Waals surface area contributed by atoms with Crippen LogP contribution in [0.5, 0.6) is 0 Å². The Labute approximate surface area is 115 Å². The number of sulfonamides is 1. The maximum absolute atomic E-state index is 12.3. The predicted molar refractivity (Wildman–Crippen MR) is 74.4 cm³/mol. The smallest absolute Gasteiger partial charge is 0.244 e. The molecular weight excluding hydrogens is 262 g/mol. The first-order chi connectivity index (χ1) is 8.84. The Balaban J connectivity index is 2.10. The van der Waals surface area contributed by atoms with Crippen LogP contribution in [0.4, 0.5) is 0 Å². The molecule has 2 N–H and O–H groups in total. The van der Waals surface area contributed by atoms with Crippen LogP contribution in [0.2, 0.25) is 0 Å². The van der Waals surface area contributed by atoms with E-state index in [0.29, 0.717) is 22.8 Å². The van der Waals surface area contributed by atoms with Gasteiger partial charge in [-0.05, 0) is 32.1 Å². The third kappa shape index (κ3) is 3.17. The van der Waals surface area contributed by atoms with Crippen molar-refractivity contribution in [2.75, 3.05) is 6.54 Å². The average Bonchev–Trinajstić information content (AvgIpc) is 2.68. The molecule has 0 aliphatic heterocycles. The Morgan fingerprint density at radius 3 is 2.42 bits per heavy atom. The highest BCUT2D eigenvalue weighted by Gasteiger charge is 2.30. The minimum absolute atomic E-state index is 0.0941. The van der Waals surface area contributed by atoms with Crippen LogP contribution >= 0.6 is 0 Å². The lowest BCUT2D eigenvalue weighted by atomic mass is 9.76. The monoisotopic (exact) mass is 285 g/mol. The number of aryl methyl sites for hydroxylation is 2. The summed E-state index contributed by atoms with van der Waals surface area (Å²) in [5.74, 6) is 0. The van der Waals surface area contributed by atoms with Crippen molar-refractivity contribution in [2.45, 2.75) is 57.8 Å². The van der Waals surface area contributed by atoms with E-state index in [1.165, 1.54) is 19.3 Å². The number of hydrogen-bond acceptors (Lipinski definition) is 3. The van der Waals surface area contributed by atoms with Gasteiger partial charge in [-0.3, -0.25) is 5.10 Å². The van der Waals surface area contributed by atoms with Crippen LogP contribution in [0.15, 0.2) is 4.90 Å². The molecule has 5 nitrogen and oxygen atoms in total. The summed E-state index contributed by atoms with van der Waals surface area (Å²) in [7, 11) is -3.46. The summed E-state index contributed by atoms with van der Waals surface area (Å²) in [6.07, 6.45) is 5.85. The van der Waals surface area contributed by atoms with Gasteiger partial charge in [0.25, 0.3) is 0 Å². The first-order valence-electron chi connectivity index (χ1n) is 6.85. The van der Waals surface area contributed by atoms with Gasteiger partial charge < -0.3 is 0 Å². The number of aromatic nitrogens is 2. The minimum Gasteiger partial charge on any atom is -0.281 e. The second kappa shape index (κ2) is 5.25. The molecule has 1 heterocycles. The normalized spacial score (nSPS) is 19.5. The van der Waals surface area contributed by atoms with Crippen LogP contribution in [-0.2, 0) is 10.0 Å². The van der Waals surface area contributed by atoms with Crippen LogP contribution in [0, 0.1) is 19.3 Å². The lowest BCUT2D eigenvalue weighted by molar-refractivity contribution is 0.219. The second-order valence-electron chi connectivity index (χ2n) is 5.96. The van der Waals surface area contributed by atoms with Crippen molar-refractivity contribution >= 4 is 10.0 Å². The number of nitrogens with zero attached hydrogens (tertiary/aromatic N) is 1. The Morgan fingerprint density at radius 1 is 1.26 bits per heavy atom. The molecule has 0 atom stereocenters. The number of rotatable bonds is 4. The van der Waals surface area contributed by atoms with Crippen LogP contribution in [0.1, 0.15) is 50.4 Å². The zero-order valence-electron chi connectivity index (χ0n) is 11.9. The van der Waals surface area contributed by atoms with Crippen molar-refractivity contribution in [1.82, 2.24) is 14.9 Å². The third-order valence-electron chi connectivity index (χ3n) is 4.08. The number of H-pyrrole nitrogens is 1. The maximum atomic E-state index is 12.3. The fourth-order valence-electron chi connectivity index (χ4n) is 2.86. The molecule has 0 spiro atoms. The van der Waals surface area contributed by atoms with Crippen molar-refractivity contribution in [3.63, 3.8) is 0 Å². The molecular formula is C13H23N3O2S. The van der Waals surface area contributed by atoms with Gasteiger partial charge in [-0.25, -0.2) is 13.1 Å². The Kier molecular flexibility index (Phi) is 4.01. The summed E-state index contributed by atoms with van der Waals surface area (Å²) in [4.78, 5) is 0.298. The first-order valence-corrected chi connectivity index (χ1v) is 8.34. The van der Waals surface area contributed by atoms with E-state index < -0.39 is 10.0 Å². The van der Waals surface area contributed by atoms with Gasteiger partial charge in [0.05, 0.1) is 11.4 Å². The number of aromatic amines is 1. The quantitative estimate of drug-likeness (QED) is 0.891. The highest BCUT2D eigenvalue weighted by molar-refractivity contribution is 7.89.